The number of hydrogen-bond acceptors (Lipinski definition) is 3. The van der Waals surface area contributed by atoms with E-state index in [9.17, 15) is 0 Å². The Morgan fingerprint density at radius 1 is 0.197 bits per heavy atom. The molecule has 15 rings (SSSR count). The molecule has 0 atom stereocenters. The van der Waals surface area contributed by atoms with Crippen LogP contribution < -0.4 is 0 Å². The number of nitrogens with zero attached hydrogens (tertiary/aromatic N) is 3. The Hall–Kier alpha value is -9.31. The molecule has 2 aliphatic rings. The van der Waals surface area contributed by atoms with E-state index in [1.165, 1.54) is 93.5 Å². The van der Waals surface area contributed by atoms with Crippen molar-refractivity contribution in [3.63, 3.8) is 0 Å². The SMILES string of the molecule is c1ccc(-c2nc(-c3ccccc3)nc(-c3ccc(-c4cc5c6ccccc6c(-c6ccc7c(c6)C6(c8ccccc8-c8ccccc86)c6ccccc6-7)cc5c5ccccc45)c4ccccc34)n2)cc1. The second-order valence-corrected chi connectivity index (χ2v) is 18.9. The van der Waals surface area contributed by atoms with E-state index in [2.05, 4.69) is 212 Å². The van der Waals surface area contributed by atoms with Crippen LogP contribution in [0.1, 0.15) is 22.3 Å². The quantitative estimate of drug-likeness (QED) is 0.162. The maximum Gasteiger partial charge on any atom is 0.164 e. The van der Waals surface area contributed by atoms with Gasteiger partial charge in [0.2, 0.25) is 0 Å². The minimum absolute atomic E-state index is 0.417. The van der Waals surface area contributed by atoms with Crippen molar-refractivity contribution in [2.75, 3.05) is 0 Å². The van der Waals surface area contributed by atoms with Crippen LogP contribution in [0.15, 0.2) is 249 Å². The standard InChI is InChI=1S/C68H41N3/c1-3-19-42(20-4-1)65-69-66(43-21-5-2-6-22-43)71-67(70-65)56-38-37-51(45-23-7-8-24-46(45)56)58-41-60-48-26-10-9-25-47(48)57(40-59(60)50-28-12-11-27-49(50)58)44-35-36-55-54-31-15-18-34-63(54)68(64(55)39-44)61-32-16-13-29-52(61)53-30-14-17-33-62(53)68/h1-41H. The van der Waals surface area contributed by atoms with E-state index in [4.69, 9.17) is 15.0 Å². The molecular formula is C68H41N3. The molecule has 0 unspecified atom stereocenters. The molecule has 0 saturated carbocycles. The van der Waals surface area contributed by atoms with Gasteiger partial charge in [-0.15, -0.1) is 0 Å². The highest BCUT2D eigenvalue weighted by molar-refractivity contribution is 6.25. The first kappa shape index (κ1) is 39.7. The van der Waals surface area contributed by atoms with E-state index in [1.54, 1.807) is 0 Å². The summed E-state index contributed by atoms with van der Waals surface area (Å²) < 4.78 is 0. The number of hydrogen-bond donors (Lipinski definition) is 0. The number of benzene rings is 12. The van der Waals surface area contributed by atoms with Crippen molar-refractivity contribution in [1.29, 1.82) is 0 Å². The monoisotopic (exact) mass is 899 g/mol. The van der Waals surface area contributed by atoms with Gasteiger partial charge in [-0.1, -0.05) is 224 Å². The first-order valence-corrected chi connectivity index (χ1v) is 24.4. The minimum atomic E-state index is -0.417. The summed E-state index contributed by atoms with van der Waals surface area (Å²) in [6.07, 6.45) is 0. The lowest BCUT2D eigenvalue weighted by atomic mass is 9.70. The van der Waals surface area contributed by atoms with Crippen LogP contribution in [0.3, 0.4) is 0 Å². The van der Waals surface area contributed by atoms with Gasteiger partial charge in [-0.05, 0) is 134 Å². The molecule has 0 bridgehead atoms. The van der Waals surface area contributed by atoms with Gasteiger partial charge in [0, 0.05) is 16.7 Å². The fraction of sp³-hybridized carbons (Fsp3) is 0.0147. The Balaban J connectivity index is 0.935. The van der Waals surface area contributed by atoms with Crippen LogP contribution in [-0.2, 0) is 5.41 Å². The summed E-state index contributed by atoms with van der Waals surface area (Å²) in [4.78, 5) is 15.3. The molecule has 3 nitrogen and oxygen atoms in total. The predicted octanol–water partition coefficient (Wildman–Crippen LogP) is 17.2. The van der Waals surface area contributed by atoms with Crippen LogP contribution in [-0.4, -0.2) is 15.0 Å². The van der Waals surface area contributed by atoms with Crippen molar-refractivity contribution >= 4 is 43.1 Å². The average Bonchev–Trinajstić information content (AvgIpc) is 3.92. The molecule has 71 heavy (non-hydrogen) atoms. The third kappa shape index (κ3) is 5.75. The van der Waals surface area contributed by atoms with E-state index >= 15 is 0 Å². The van der Waals surface area contributed by atoms with Crippen LogP contribution >= 0.6 is 0 Å². The van der Waals surface area contributed by atoms with E-state index in [-0.39, 0.29) is 0 Å². The second-order valence-electron chi connectivity index (χ2n) is 18.9. The minimum Gasteiger partial charge on any atom is -0.208 e. The van der Waals surface area contributed by atoms with Crippen molar-refractivity contribution in [1.82, 2.24) is 15.0 Å². The Labute approximate surface area is 411 Å². The van der Waals surface area contributed by atoms with Gasteiger partial charge in [0.05, 0.1) is 5.41 Å². The number of aromatic nitrogens is 3. The van der Waals surface area contributed by atoms with Crippen LogP contribution in [0.5, 0.6) is 0 Å². The maximum absolute atomic E-state index is 5.16. The Bertz CT molecular complexity index is 4220. The fourth-order valence-corrected chi connectivity index (χ4v) is 12.3. The Kier molecular flexibility index (Phi) is 8.57. The van der Waals surface area contributed by atoms with E-state index < -0.39 is 5.41 Å². The lowest BCUT2D eigenvalue weighted by Gasteiger charge is -2.30. The van der Waals surface area contributed by atoms with Crippen LogP contribution in [0.25, 0.3) is 122 Å². The molecule has 0 saturated heterocycles. The van der Waals surface area contributed by atoms with Gasteiger partial charge >= 0.3 is 0 Å². The number of fused-ring (bicyclic) bond motifs is 16. The molecule has 12 aromatic carbocycles. The van der Waals surface area contributed by atoms with Gasteiger partial charge in [-0.25, -0.2) is 15.0 Å². The van der Waals surface area contributed by atoms with E-state index in [0.29, 0.717) is 17.5 Å². The Morgan fingerprint density at radius 2 is 0.563 bits per heavy atom. The summed E-state index contributed by atoms with van der Waals surface area (Å²) in [5, 5.41) is 9.59. The average molecular weight is 900 g/mol. The number of rotatable bonds is 5. The molecular weight excluding hydrogens is 859 g/mol. The summed E-state index contributed by atoms with van der Waals surface area (Å²) in [6, 6.07) is 90.8. The highest BCUT2D eigenvalue weighted by atomic mass is 15.0. The molecule has 0 fully saturated rings. The molecule has 2 aliphatic carbocycles. The molecule has 0 aliphatic heterocycles. The first-order chi connectivity index (χ1) is 35.2. The molecule has 328 valence electrons. The smallest absolute Gasteiger partial charge is 0.164 e. The largest absolute Gasteiger partial charge is 0.208 e. The van der Waals surface area contributed by atoms with Gasteiger partial charge in [-0.3, -0.25) is 0 Å². The first-order valence-electron chi connectivity index (χ1n) is 24.4. The topological polar surface area (TPSA) is 38.7 Å². The van der Waals surface area contributed by atoms with Crippen LogP contribution in [0.2, 0.25) is 0 Å². The highest BCUT2D eigenvalue weighted by Gasteiger charge is 2.51. The summed E-state index contributed by atoms with van der Waals surface area (Å²) in [5.41, 5.74) is 17.9. The summed E-state index contributed by atoms with van der Waals surface area (Å²) in [7, 11) is 0. The molecule has 0 N–H and O–H groups in total. The van der Waals surface area contributed by atoms with Crippen molar-refractivity contribution in [2.24, 2.45) is 0 Å². The molecule has 0 amide bonds. The van der Waals surface area contributed by atoms with Crippen molar-refractivity contribution in [3.05, 3.63) is 271 Å². The molecule has 1 heterocycles. The summed E-state index contributed by atoms with van der Waals surface area (Å²) in [5.74, 6) is 1.94. The molecule has 0 radical (unpaired) electrons. The third-order valence-corrected chi connectivity index (χ3v) is 15.3. The normalized spacial score (nSPS) is 12.9. The lowest BCUT2D eigenvalue weighted by Crippen LogP contribution is -2.25. The molecule has 3 heteroatoms. The summed E-state index contributed by atoms with van der Waals surface area (Å²) in [6.45, 7) is 0. The van der Waals surface area contributed by atoms with Crippen molar-refractivity contribution in [3.8, 4) is 78.7 Å². The lowest BCUT2D eigenvalue weighted by molar-refractivity contribution is 0.794. The fourth-order valence-electron chi connectivity index (χ4n) is 12.3. The van der Waals surface area contributed by atoms with Crippen molar-refractivity contribution in [2.45, 2.75) is 5.41 Å². The van der Waals surface area contributed by atoms with Crippen LogP contribution in [0.4, 0.5) is 0 Å². The predicted molar refractivity (Wildman–Crippen MR) is 293 cm³/mol. The molecule has 1 spiro atoms. The van der Waals surface area contributed by atoms with Crippen molar-refractivity contribution < 1.29 is 0 Å². The van der Waals surface area contributed by atoms with Crippen LogP contribution in [0, 0.1) is 0 Å². The third-order valence-electron chi connectivity index (χ3n) is 15.3. The molecule has 1 aromatic heterocycles. The Morgan fingerprint density at radius 3 is 1.10 bits per heavy atom. The molecule has 13 aromatic rings. The maximum atomic E-state index is 5.16. The van der Waals surface area contributed by atoms with Gasteiger partial charge in [0.15, 0.2) is 17.5 Å². The van der Waals surface area contributed by atoms with E-state index in [1.807, 2.05) is 36.4 Å². The zero-order valence-corrected chi connectivity index (χ0v) is 38.5. The zero-order valence-electron chi connectivity index (χ0n) is 38.5. The zero-order chi connectivity index (χ0) is 46.6. The van der Waals surface area contributed by atoms with Gasteiger partial charge in [0.1, 0.15) is 0 Å². The van der Waals surface area contributed by atoms with E-state index in [0.717, 1.165) is 33.0 Å². The van der Waals surface area contributed by atoms with Gasteiger partial charge in [0.25, 0.3) is 0 Å². The highest BCUT2D eigenvalue weighted by Crippen LogP contribution is 2.63. The summed E-state index contributed by atoms with van der Waals surface area (Å²) >= 11 is 0. The van der Waals surface area contributed by atoms with Gasteiger partial charge in [-0.2, -0.15) is 0 Å². The second kappa shape index (κ2) is 15.3. The van der Waals surface area contributed by atoms with Gasteiger partial charge < -0.3 is 0 Å².